The Balaban J connectivity index is 1.87. The van der Waals surface area contributed by atoms with Crippen LogP contribution in [0.4, 0.5) is 28.9 Å². The van der Waals surface area contributed by atoms with Crippen LogP contribution in [0.25, 0.3) is 0 Å². The van der Waals surface area contributed by atoms with Crippen LogP contribution in [0, 0.1) is 11.6 Å². The molecule has 0 aliphatic carbocycles. The van der Waals surface area contributed by atoms with Crippen molar-refractivity contribution >= 4 is 17.3 Å². The lowest BCUT2D eigenvalue weighted by Gasteiger charge is -2.31. The van der Waals surface area contributed by atoms with Crippen LogP contribution in [0.15, 0.2) is 36.7 Å². The number of halogens is 4. The third-order valence-electron chi connectivity index (χ3n) is 4.08. The number of hydrogen-bond donors (Lipinski definition) is 2. The summed E-state index contributed by atoms with van der Waals surface area (Å²) in [6.07, 6.45) is 2.73. The molecule has 26 heavy (non-hydrogen) atoms. The van der Waals surface area contributed by atoms with Gasteiger partial charge in [-0.05, 0) is 18.2 Å². The number of nitrogens with one attached hydrogen (secondary N) is 2. The summed E-state index contributed by atoms with van der Waals surface area (Å²) >= 11 is 0. The molecule has 2 heterocycles. The standard InChI is InChI=1S/C17H16F4N4O/c18-12-3-1-2-11(15(12)19)17(20,21)16(26)24-13-10-23-5-4-14(13)25-8-6-22-7-9-25/h1-5,10,22H,6-9H2,(H,24,26). The summed E-state index contributed by atoms with van der Waals surface area (Å²) in [7, 11) is 0. The van der Waals surface area contributed by atoms with Crippen LogP contribution in [0.1, 0.15) is 5.56 Å². The number of aromatic nitrogens is 1. The van der Waals surface area contributed by atoms with Crippen molar-refractivity contribution in [2.45, 2.75) is 5.92 Å². The molecule has 0 atom stereocenters. The zero-order valence-electron chi connectivity index (χ0n) is 13.6. The maximum Gasteiger partial charge on any atom is 0.353 e. The maximum atomic E-state index is 14.4. The molecule has 138 valence electrons. The van der Waals surface area contributed by atoms with Crippen molar-refractivity contribution in [1.29, 1.82) is 0 Å². The molecule has 0 saturated carbocycles. The summed E-state index contributed by atoms with van der Waals surface area (Å²) in [5.74, 6) is -9.20. The quantitative estimate of drug-likeness (QED) is 0.815. The number of nitrogens with zero attached hydrogens (tertiary/aromatic N) is 2. The van der Waals surface area contributed by atoms with E-state index < -0.39 is 29.0 Å². The summed E-state index contributed by atoms with van der Waals surface area (Å²) in [6, 6.07) is 3.90. The predicted molar refractivity (Wildman–Crippen MR) is 88.2 cm³/mol. The first-order chi connectivity index (χ1) is 12.4. The van der Waals surface area contributed by atoms with Crippen molar-refractivity contribution in [3.8, 4) is 0 Å². The van der Waals surface area contributed by atoms with Gasteiger partial charge in [-0.15, -0.1) is 0 Å². The Labute approximate surface area is 147 Å². The van der Waals surface area contributed by atoms with Gasteiger partial charge in [0.15, 0.2) is 11.6 Å². The number of pyridine rings is 1. The van der Waals surface area contributed by atoms with Crippen LogP contribution in [-0.2, 0) is 10.7 Å². The number of rotatable bonds is 4. The normalized spacial score (nSPS) is 15.0. The molecule has 1 amide bonds. The molecule has 0 spiro atoms. The average Bonchev–Trinajstić information content (AvgIpc) is 2.65. The van der Waals surface area contributed by atoms with Crippen LogP contribution in [0.3, 0.4) is 0 Å². The molecule has 2 aromatic rings. The second-order valence-corrected chi connectivity index (χ2v) is 5.76. The van der Waals surface area contributed by atoms with E-state index in [-0.39, 0.29) is 5.69 Å². The van der Waals surface area contributed by atoms with E-state index in [0.717, 1.165) is 6.07 Å². The number of hydrogen-bond acceptors (Lipinski definition) is 4. The number of carbonyl (C=O) groups is 1. The predicted octanol–water partition coefficient (Wildman–Crippen LogP) is 2.50. The number of alkyl halides is 2. The van der Waals surface area contributed by atoms with E-state index in [1.54, 1.807) is 6.07 Å². The van der Waals surface area contributed by atoms with Gasteiger partial charge in [0.1, 0.15) is 0 Å². The Morgan fingerprint density at radius 2 is 1.92 bits per heavy atom. The van der Waals surface area contributed by atoms with Crippen molar-refractivity contribution in [1.82, 2.24) is 10.3 Å². The highest BCUT2D eigenvalue weighted by Crippen LogP contribution is 2.34. The highest BCUT2D eigenvalue weighted by molar-refractivity contribution is 5.99. The van der Waals surface area contributed by atoms with Gasteiger partial charge in [-0.2, -0.15) is 8.78 Å². The van der Waals surface area contributed by atoms with Crippen molar-refractivity contribution in [2.75, 3.05) is 36.4 Å². The van der Waals surface area contributed by atoms with Crippen molar-refractivity contribution < 1.29 is 22.4 Å². The van der Waals surface area contributed by atoms with Gasteiger partial charge in [-0.25, -0.2) is 8.78 Å². The van der Waals surface area contributed by atoms with Gasteiger partial charge >= 0.3 is 5.92 Å². The molecule has 0 radical (unpaired) electrons. The van der Waals surface area contributed by atoms with Gasteiger partial charge < -0.3 is 15.5 Å². The summed E-state index contributed by atoms with van der Waals surface area (Å²) < 4.78 is 55.7. The van der Waals surface area contributed by atoms with E-state index in [9.17, 15) is 22.4 Å². The van der Waals surface area contributed by atoms with Crippen LogP contribution >= 0.6 is 0 Å². The first-order valence-electron chi connectivity index (χ1n) is 7.94. The molecule has 0 bridgehead atoms. The van der Waals surface area contributed by atoms with Gasteiger partial charge in [0.25, 0.3) is 5.91 Å². The second-order valence-electron chi connectivity index (χ2n) is 5.76. The molecule has 1 aromatic carbocycles. The van der Waals surface area contributed by atoms with Gasteiger partial charge in [0, 0.05) is 32.4 Å². The second kappa shape index (κ2) is 7.28. The van der Waals surface area contributed by atoms with Gasteiger partial charge in [0.2, 0.25) is 0 Å². The van der Waals surface area contributed by atoms with E-state index in [0.29, 0.717) is 44.0 Å². The van der Waals surface area contributed by atoms with Crippen LogP contribution < -0.4 is 15.5 Å². The highest BCUT2D eigenvalue weighted by Gasteiger charge is 2.44. The van der Waals surface area contributed by atoms with E-state index in [4.69, 9.17) is 0 Å². The fraction of sp³-hybridized carbons (Fsp3) is 0.294. The third kappa shape index (κ3) is 3.48. The number of piperazine rings is 1. The van der Waals surface area contributed by atoms with Gasteiger partial charge in [-0.3, -0.25) is 9.78 Å². The molecular formula is C17H16F4N4O. The third-order valence-corrected chi connectivity index (χ3v) is 4.08. The number of anilines is 2. The zero-order valence-corrected chi connectivity index (χ0v) is 13.6. The molecule has 1 aliphatic rings. The fourth-order valence-electron chi connectivity index (χ4n) is 2.73. The smallest absolute Gasteiger partial charge is 0.353 e. The Morgan fingerprint density at radius 1 is 1.19 bits per heavy atom. The molecule has 0 unspecified atom stereocenters. The summed E-state index contributed by atoms with van der Waals surface area (Å²) in [6.45, 7) is 2.67. The summed E-state index contributed by atoms with van der Waals surface area (Å²) in [5, 5.41) is 5.25. The zero-order chi connectivity index (χ0) is 18.7. The molecule has 9 heteroatoms. The average molecular weight is 368 g/mol. The first-order valence-corrected chi connectivity index (χ1v) is 7.94. The Hall–Kier alpha value is -2.68. The molecule has 1 saturated heterocycles. The first kappa shape index (κ1) is 18.1. The number of amides is 1. The molecular weight excluding hydrogens is 352 g/mol. The lowest BCUT2D eigenvalue weighted by Crippen LogP contribution is -2.44. The van der Waals surface area contributed by atoms with E-state index in [1.807, 2.05) is 4.90 Å². The fourth-order valence-corrected chi connectivity index (χ4v) is 2.73. The molecule has 5 nitrogen and oxygen atoms in total. The SMILES string of the molecule is O=C(Nc1cnccc1N1CCNCC1)C(F)(F)c1cccc(F)c1F. The summed E-state index contributed by atoms with van der Waals surface area (Å²) in [4.78, 5) is 17.9. The molecule has 1 fully saturated rings. The van der Waals surface area contributed by atoms with Crippen LogP contribution in [-0.4, -0.2) is 37.1 Å². The molecule has 3 rings (SSSR count). The minimum atomic E-state index is -4.25. The topological polar surface area (TPSA) is 57.3 Å². The van der Waals surface area contributed by atoms with Gasteiger partial charge in [0.05, 0.1) is 23.1 Å². The molecule has 2 N–H and O–H groups in total. The highest BCUT2D eigenvalue weighted by atomic mass is 19.3. The molecule has 1 aliphatic heterocycles. The largest absolute Gasteiger partial charge is 0.367 e. The Morgan fingerprint density at radius 3 is 2.65 bits per heavy atom. The Bertz CT molecular complexity index is 809. The Kier molecular flexibility index (Phi) is 5.08. The number of carbonyl (C=O) groups excluding carboxylic acids is 1. The van der Waals surface area contributed by atoms with Crippen molar-refractivity contribution in [3.63, 3.8) is 0 Å². The minimum Gasteiger partial charge on any atom is -0.367 e. The minimum absolute atomic E-state index is 0.0795. The number of benzene rings is 1. The van der Waals surface area contributed by atoms with E-state index in [2.05, 4.69) is 15.6 Å². The summed E-state index contributed by atoms with van der Waals surface area (Å²) in [5.41, 5.74) is -0.705. The van der Waals surface area contributed by atoms with E-state index in [1.165, 1.54) is 12.4 Å². The lowest BCUT2D eigenvalue weighted by molar-refractivity contribution is -0.141. The van der Waals surface area contributed by atoms with Crippen LogP contribution in [0.2, 0.25) is 0 Å². The maximum absolute atomic E-state index is 14.4. The lowest BCUT2D eigenvalue weighted by atomic mass is 10.1. The monoisotopic (exact) mass is 368 g/mol. The van der Waals surface area contributed by atoms with Crippen molar-refractivity contribution in [3.05, 3.63) is 53.9 Å². The van der Waals surface area contributed by atoms with E-state index >= 15 is 0 Å². The van der Waals surface area contributed by atoms with Crippen molar-refractivity contribution in [2.24, 2.45) is 0 Å². The van der Waals surface area contributed by atoms with Crippen LogP contribution in [0.5, 0.6) is 0 Å². The van der Waals surface area contributed by atoms with Gasteiger partial charge in [-0.1, -0.05) is 6.07 Å². The molecule has 1 aromatic heterocycles.